The van der Waals surface area contributed by atoms with Gasteiger partial charge >= 0.3 is 5.69 Å². The molecule has 0 spiro atoms. The maximum absolute atomic E-state index is 11.0. The molecule has 0 radical (unpaired) electrons. The molecule has 0 heterocycles. The second kappa shape index (κ2) is 8.07. The molecule has 0 bridgehead atoms. The average Bonchev–Trinajstić information content (AvgIpc) is 2.45. The van der Waals surface area contributed by atoms with Gasteiger partial charge in [0.05, 0.1) is 36.8 Å². The van der Waals surface area contributed by atoms with E-state index in [2.05, 4.69) is 11.4 Å². The van der Waals surface area contributed by atoms with E-state index in [1.807, 2.05) is 13.8 Å². The molecule has 0 fully saturated rings. The van der Waals surface area contributed by atoms with Crippen LogP contribution in [-0.2, 0) is 0 Å². The van der Waals surface area contributed by atoms with Gasteiger partial charge in [0.15, 0.2) is 5.75 Å². The number of methoxy groups -OCH3 is 1. The zero-order valence-corrected chi connectivity index (χ0v) is 12.3. The molecule has 114 valence electrons. The van der Waals surface area contributed by atoms with Gasteiger partial charge in [-0.2, -0.15) is 5.26 Å². The fraction of sp³-hybridized carbons (Fsp3) is 0.500. The molecule has 0 aromatic heterocycles. The van der Waals surface area contributed by atoms with Crippen molar-refractivity contribution in [1.82, 2.24) is 5.32 Å². The van der Waals surface area contributed by atoms with Gasteiger partial charge in [-0.1, -0.05) is 0 Å². The predicted octanol–water partition coefficient (Wildman–Crippen LogP) is 2.26. The van der Waals surface area contributed by atoms with E-state index < -0.39 is 4.92 Å². The van der Waals surface area contributed by atoms with Gasteiger partial charge in [0.25, 0.3) is 0 Å². The van der Waals surface area contributed by atoms with E-state index in [1.165, 1.54) is 19.2 Å². The number of nitriles is 1. The molecule has 1 aromatic carbocycles. The van der Waals surface area contributed by atoms with Crippen molar-refractivity contribution in [3.63, 3.8) is 0 Å². The van der Waals surface area contributed by atoms with Crippen LogP contribution < -0.4 is 14.8 Å². The molecule has 0 aliphatic rings. The number of nitro benzene ring substituents is 1. The van der Waals surface area contributed by atoms with E-state index in [9.17, 15) is 10.1 Å². The van der Waals surface area contributed by atoms with Gasteiger partial charge in [-0.3, -0.25) is 15.4 Å². The fourth-order valence-corrected chi connectivity index (χ4v) is 1.76. The van der Waals surface area contributed by atoms with Crippen molar-refractivity contribution in [2.75, 3.05) is 13.7 Å². The molecular formula is C14H19N3O4. The standard InChI is InChI=1S/C14H19N3O4/c1-10(2)16-11(9-15)6-7-21-14-5-4-12(20-3)8-13(14)17(18)19/h4-5,8,10-11,16H,6-7H2,1-3H3. The van der Waals surface area contributed by atoms with Gasteiger partial charge < -0.3 is 9.47 Å². The first-order valence-electron chi connectivity index (χ1n) is 6.58. The summed E-state index contributed by atoms with van der Waals surface area (Å²) in [6.07, 6.45) is 0.442. The van der Waals surface area contributed by atoms with E-state index in [0.29, 0.717) is 12.2 Å². The molecule has 1 atom stereocenters. The van der Waals surface area contributed by atoms with Crippen molar-refractivity contribution in [2.24, 2.45) is 0 Å². The Morgan fingerprint density at radius 3 is 2.71 bits per heavy atom. The Hall–Kier alpha value is -2.33. The minimum atomic E-state index is -0.522. The van der Waals surface area contributed by atoms with Gasteiger partial charge in [-0.05, 0) is 26.0 Å². The molecular weight excluding hydrogens is 274 g/mol. The lowest BCUT2D eigenvalue weighted by molar-refractivity contribution is -0.385. The number of nitro groups is 1. The van der Waals surface area contributed by atoms with Crippen molar-refractivity contribution >= 4 is 5.69 Å². The fourth-order valence-electron chi connectivity index (χ4n) is 1.76. The second-order valence-corrected chi connectivity index (χ2v) is 4.73. The summed E-state index contributed by atoms with van der Waals surface area (Å²) in [7, 11) is 1.44. The zero-order valence-electron chi connectivity index (χ0n) is 12.3. The maximum atomic E-state index is 11.0. The third-order valence-electron chi connectivity index (χ3n) is 2.72. The van der Waals surface area contributed by atoms with Crippen molar-refractivity contribution in [2.45, 2.75) is 32.4 Å². The van der Waals surface area contributed by atoms with Crippen LogP contribution >= 0.6 is 0 Å². The minimum Gasteiger partial charge on any atom is -0.496 e. The highest BCUT2D eigenvalue weighted by molar-refractivity contribution is 5.50. The second-order valence-electron chi connectivity index (χ2n) is 4.73. The Morgan fingerprint density at radius 2 is 2.19 bits per heavy atom. The van der Waals surface area contributed by atoms with Gasteiger partial charge in [0, 0.05) is 12.5 Å². The highest BCUT2D eigenvalue weighted by Gasteiger charge is 2.17. The highest BCUT2D eigenvalue weighted by Crippen LogP contribution is 2.31. The van der Waals surface area contributed by atoms with Crippen LogP contribution in [-0.4, -0.2) is 30.7 Å². The molecule has 7 heteroatoms. The molecule has 0 aliphatic heterocycles. The van der Waals surface area contributed by atoms with Crippen molar-refractivity contribution in [3.05, 3.63) is 28.3 Å². The van der Waals surface area contributed by atoms with Crippen molar-refractivity contribution in [3.8, 4) is 17.6 Å². The predicted molar refractivity (Wildman–Crippen MR) is 77.4 cm³/mol. The molecule has 0 amide bonds. The van der Waals surface area contributed by atoms with Crippen LogP contribution in [0.3, 0.4) is 0 Å². The summed E-state index contributed by atoms with van der Waals surface area (Å²) in [4.78, 5) is 10.5. The first-order chi connectivity index (χ1) is 9.97. The number of nitrogens with zero attached hydrogens (tertiary/aromatic N) is 2. The first-order valence-corrected chi connectivity index (χ1v) is 6.58. The quantitative estimate of drug-likeness (QED) is 0.583. The van der Waals surface area contributed by atoms with Gasteiger partial charge in [-0.15, -0.1) is 0 Å². The van der Waals surface area contributed by atoms with Crippen molar-refractivity contribution < 1.29 is 14.4 Å². The summed E-state index contributed by atoms with van der Waals surface area (Å²) in [5.41, 5.74) is -0.153. The summed E-state index contributed by atoms with van der Waals surface area (Å²) in [6, 6.07) is 6.37. The lowest BCUT2D eigenvalue weighted by Crippen LogP contribution is -2.34. The molecule has 7 nitrogen and oxygen atoms in total. The lowest BCUT2D eigenvalue weighted by Gasteiger charge is -2.15. The van der Waals surface area contributed by atoms with E-state index in [0.717, 1.165) is 0 Å². The third-order valence-corrected chi connectivity index (χ3v) is 2.72. The molecule has 0 aliphatic carbocycles. The summed E-state index contributed by atoms with van der Waals surface area (Å²) >= 11 is 0. The Morgan fingerprint density at radius 1 is 1.48 bits per heavy atom. The number of nitrogens with one attached hydrogen (secondary N) is 1. The van der Waals surface area contributed by atoms with Crippen molar-refractivity contribution in [1.29, 1.82) is 5.26 Å². The number of benzene rings is 1. The van der Waals surface area contributed by atoms with E-state index in [-0.39, 0.29) is 30.1 Å². The summed E-state index contributed by atoms with van der Waals surface area (Å²) in [5, 5.41) is 23.1. The first kappa shape index (κ1) is 16.7. The van der Waals surface area contributed by atoms with Gasteiger partial charge in [0.2, 0.25) is 0 Å². The molecule has 1 unspecified atom stereocenters. The van der Waals surface area contributed by atoms with Crippen LogP contribution in [0, 0.1) is 21.4 Å². The van der Waals surface area contributed by atoms with Crippen LogP contribution in [0.25, 0.3) is 0 Å². The SMILES string of the molecule is COc1ccc(OCCC(C#N)NC(C)C)c([N+](=O)[O-])c1. The zero-order chi connectivity index (χ0) is 15.8. The Bertz CT molecular complexity index is 525. The summed E-state index contributed by atoms with van der Waals surface area (Å²) in [5.74, 6) is 0.562. The molecule has 1 rings (SSSR count). The maximum Gasteiger partial charge on any atom is 0.314 e. The molecule has 0 saturated carbocycles. The number of hydrogen-bond donors (Lipinski definition) is 1. The van der Waals surface area contributed by atoms with E-state index in [4.69, 9.17) is 14.7 Å². The van der Waals surface area contributed by atoms with E-state index in [1.54, 1.807) is 6.07 Å². The Labute approximate surface area is 123 Å². The molecule has 1 N–H and O–H groups in total. The smallest absolute Gasteiger partial charge is 0.314 e. The van der Waals surface area contributed by atoms with Crippen LogP contribution in [0.5, 0.6) is 11.5 Å². The number of hydrogen-bond acceptors (Lipinski definition) is 6. The normalized spacial score (nSPS) is 11.8. The molecule has 0 saturated heterocycles. The van der Waals surface area contributed by atoms with E-state index >= 15 is 0 Å². The van der Waals surface area contributed by atoms with Gasteiger partial charge in [0.1, 0.15) is 5.75 Å². The van der Waals surface area contributed by atoms with Gasteiger partial charge in [-0.25, -0.2) is 0 Å². The van der Waals surface area contributed by atoms with Crippen LogP contribution in [0.15, 0.2) is 18.2 Å². The minimum absolute atomic E-state index is 0.153. The van der Waals surface area contributed by atoms with Crippen LogP contribution in [0.4, 0.5) is 5.69 Å². The summed E-state index contributed by atoms with van der Waals surface area (Å²) < 4.78 is 10.4. The molecule has 1 aromatic rings. The topological polar surface area (TPSA) is 97.4 Å². The number of rotatable bonds is 8. The largest absolute Gasteiger partial charge is 0.496 e. The Balaban J connectivity index is 2.67. The highest BCUT2D eigenvalue weighted by atomic mass is 16.6. The summed E-state index contributed by atoms with van der Waals surface area (Å²) in [6.45, 7) is 4.10. The molecule has 21 heavy (non-hydrogen) atoms. The third kappa shape index (κ3) is 5.28. The monoisotopic (exact) mass is 293 g/mol. The average molecular weight is 293 g/mol. The Kier molecular flexibility index (Phi) is 6.43. The number of ether oxygens (including phenoxy) is 2. The lowest BCUT2D eigenvalue weighted by atomic mass is 10.2. The van der Waals surface area contributed by atoms with Crippen LogP contribution in [0.2, 0.25) is 0 Å². The van der Waals surface area contributed by atoms with Crippen LogP contribution in [0.1, 0.15) is 20.3 Å².